The van der Waals surface area contributed by atoms with Crippen LogP contribution in [0.5, 0.6) is 0 Å². The highest BCUT2D eigenvalue weighted by Crippen LogP contribution is 2.39. The van der Waals surface area contributed by atoms with Gasteiger partial charge in [-0.05, 0) is 13.0 Å². The zero-order chi connectivity index (χ0) is 17.9. The topological polar surface area (TPSA) is 147 Å². The van der Waals surface area contributed by atoms with Crippen molar-refractivity contribution in [2.75, 3.05) is 5.32 Å². The zero-order valence-electron chi connectivity index (χ0n) is 12.5. The molecule has 2 rings (SSSR count). The van der Waals surface area contributed by atoms with Crippen molar-refractivity contribution in [3.05, 3.63) is 73.4 Å². The van der Waals surface area contributed by atoms with E-state index in [0.717, 1.165) is 6.07 Å². The van der Waals surface area contributed by atoms with Crippen LogP contribution in [0.2, 0.25) is 0 Å². The number of benzene rings is 1. The number of aromatic nitrogens is 2. The van der Waals surface area contributed by atoms with Crippen LogP contribution in [0.25, 0.3) is 11.0 Å². The van der Waals surface area contributed by atoms with Crippen molar-refractivity contribution in [1.29, 1.82) is 0 Å². The van der Waals surface area contributed by atoms with E-state index in [4.69, 9.17) is 0 Å². The number of nitrogens with zero attached hydrogens (tertiary/aromatic N) is 2. The monoisotopic (exact) mass is 331 g/mol. The van der Waals surface area contributed by atoms with Gasteiger partial charge in [-0.15, -0.1) is 0 Å². The molecule has 0 amide bonds. The molecule has 0 bridgehead atoms. The first kappa shape index (κ1) is 16.7. The van der Waals surface area contributed by atoms with Gasteiger partial charge < -0.3 is 10.3 Å². The first-order chi connectivity index (χ1) is 11.3. The van der Waals surface area contributed by atoms with Gasteiger partial charge in [-0.3, -0.25) is 25.2 Å². The molecular weight excluding hydrogens is 318 g/mol. The fraction of sp³-hybridized carbons (Fsp3) is 0.0714. The summed E-state index contributed by atoms with van der Waals surface area (Å²) in [6.45, 7) is 5.45. The molecule has 24 heavy (non-hydrogen) atoms. The molecule has 0 atom stereocenters. The highest BCUT2D eigenvalue weighted by Gasteiger charge is 2.30. The van der Waals surface area contributed by atoms with Crippen LogP contribution in [-0.2, 0) is 0 Å². The Morgan fingerprint density at radius 3 is 2.54 bits per heavy atom. The van der Waals surface area contributed by atoms with Gasteiger partial charge in [0.2, 0.25) is 0 Å². The van der Waals surface area contributed by atoms with E-state index in [9.17, 15) is 25.0 Å². The lowest BCUT2D eigenvalue weighted by Crippen LogP contribution is -2.05. The maximum Gasteiger partial charge on any atom is 0.325 e. The lowest BCUT2D eigenvalue weighted by Gasteiger charge is -2.08. The molecule has 1 aromatic heterocycles. The number of hydrogen-bond acceptors (Lipinski definition) is 6. The van der Waals surface area contributed by atoms with Gasteiger partial charge in [0.1, 0.15) is 5.52 Å². The minimum atomic E-state index is -0.801. The largest absolute Gasteiger partial charge is 0.345 e. The van der Waals surface area contributed by atoms with E-state index < -0.39 is 26.9 Å². The number of nitro groups is 2. The second kappa shape index (κ2) is 6.60. The Morgan fingerprint density at radius 1 is 1.25 bits per heavy atom. The summed E-state index contributed by atoms with van der Waals surface area (Å²) in [6.07, 6.45) is 6.56. The Kier molecular flexibility index (Phi) is 4.59. The van der Waals surface area contributed by atoms with Crippen molar-refractivity contribution in [1.82, 2.24) is 9.97 Å². The van der Waals surface area contributed by atoms with Crippen LogP contribution < -0.4 is 11.0 Å². The van der Waals surface area contributed by atoms with Crippen LogP contribution in [0.3, 0.4) is 0 Å². The van der Waals surface area contributed by atoms with Gasteiger partial charge in [0, 0.05) is 11.8 Å². The molecule has 0 aliphatic heterocycles. The van der Waals surface area contributed by atoms with Gasteiger partial charge in [0.25, 0.3) is 0 Å². The fourth-order valence-corrected chi connectivity index (χ4v) is 2.08. The van der Waals surface area contributed by atoms with Crippen molar-refractivity contribution in [2.45, 2.75) is 6.92 Å². The fourth-order valence-electron chi connectivity index (χ4n) is 2.08. The number of rotatable bonds is 6. The minimum Gasteiger partial charge on any atom is -0.345 e. The van der Waals surface area contributed by atoms with E-state index in [1.807, 2.05) is 0 Å². The number of anilines is 1. The molecule has 0 aliphatic rings. The van der Waals surface area contributed by atoms with E-state index in [-0.39, 0.29) is 22.4 Å². The van der Waals surface area contributed by atoms with E-state index >= 15 is 0 Å². The van der Waals surface area contributed by atoms with Crippen LogP contribution in [0.15, 0.2) is 47.4 Å². The summed E-state index contributed by atoms with van der Waals surface area (Å²) in [6, 6.07) is 1.05. The smallest absolute Gasteiger partial charge is 0.325 e. The summed E-state index contributed by atoms with van der Waals surface area (Å²) >= 11 is 0. The number of allylic oxidation sites excluding steroid dienone is 4. The lowest BCUT2D eigenvalue weighted by atomic mass is 10.2. The molecule has 124 valence electrons. The summed E-state index contributed by atoms with van der Waals surface area (Å²) < 4.78 is 0. The average Bonchev–Trinajstić information content (AvgIpc) is 2.85. The van der Waals surface area contributed by atoms with Gasteiger partial charge >= 0.3 is 17.1 Å². The number of H-pyrrole nitrogens is 2. The van der Waals surface area contributed by atoms with Gasteiger partial charge in [-0.1, -0.05) is 24.8 Å². The van der Waals surface area contributed by atoms with Crippen molar-refractivity contribution < 1.29 is 9.85 Å². The Labute approximate surface area is 134 Å². The highest BCUT2D eigenvalue weighted by atomic mass is 16.6. The van der Waals surface area contributed by atoms with E-state index in [2.05, 4.69) is 21.9 Å². The zero-order valence-corrected chi connectivity index (χ0v) is 12.5. The molecule has 3 N–H and O–H groups in total. The van der Waals surface area contributed by atoms with Gasteiger partial charge in [-0.25, -0.2) is 4.79 Å². The summed E-state index contributed by atoms with van der Waals surface area (Å²) in [5.41, 5.74) is -2.18. The molecule has 10 heteroatoms. The highest BCUT2D eigenvalue weighted by molar-refractivity contribution is 5.97. The molecule has 10 nitrogen and oxygen atoms in total. The molecule has 1 aromatic carbocycles. The third-order valence-electron chi connectivity index (χ3n) is 3.03. The van der Waals surface area contributed by atoms with Crippen molar-refractivity contribution >= 4 is 28.1 Å². The summed E-state index contributed by atoms with van der Waals surface area (Å²) in [7, 11) is 0. The van der Waals surface area contributed by atoms with Crippen LogP contribution >= 0.6 is 0 Å². The number of nitrogens with one attached hydrogen (secondary N) is 3. The van der Waals surface area contributed by atoms with Gasteiger partial charge in [-0.2, -0.15) is 0 Å². The maximum atomic E-state index is 11.4. The van der Waals surface area contributed by atoms with Crippen molar-refractivity contribution in [2.24, 2.45) is 0 Å². The Bertz CT molecular complexity index is 950. The number of fused-ring (bicyclic) bond motifs is 1. The number of hydrogen-bond donors (Lipinski definition) is 3. The maximum absolute atomic E-state index is 11.4. The number of imidazole rings is 1. The van der Waals surface area contributed by atoms with E-state index in [1.165, 1.54) is 6.08 Å². The third kappa shape index (κ3) is 3.21. The predicted molar refractivity (Wildman–Crippen MR) is 88.9 cm³/mol. The second-order valence-corrected chi connectivity index (χ2v) is 4.67. The molecule has 0 spiro atoms. The average molecular weight is 331 g/mol. The summed E-state index contributed by atoms with van der Waals surface area (Å²) in [5.74, 6) is 0. The molecule has 0 radical (unpaired) electrons. The molecular formula is C14H13N5O5. The molecule has 0 saturated heterocycles. The van der Waals surface area contributed by atoms with Crippen LogP contribution in [-0.4, -0.2) is 19.8 Å². The van der Waals surface area contributed by atoms with Crippen molar-refractivity contribution in [3.8, 4) is 0 Å². The second-order valence-electron chi connectivity index (χ2n) is 4.67. The number of aromatic amines is 2. The van der Waals surface area contributed by atoms with Crippen LogP contribution in [0.1, 0.15) is 6.92 Å². The molecule has 0 saturated carbocycles. The minimum absolute atomic E-state index is 0.0287. The predicted octanol–water partition coefficient (Wildman–Crippen LogP) is 2.73. The molecule has 0 unspecified atom stereocenters. The Hall–Kier alpha value is -3.69. The normalized spacial score (nSPS) is 11.4. The third-order valence-corrected chi connectivity index (χ3v) is 3.03. The molecule has 0 aliphatic carbocycles. The van der Waals surface area contributed by atoms with E-state index in [1.54, 1.807) is 25.2 Å². The van der Waals surface area contributed by atoms with Crippen molar-refractivity contribution in [3.63, 3.8) is 0 Å². The Morgan fingerprint density at radius 2 is 1.96 bits per heavy atom. The first-order valence-corrected chi connectivity index (χ1v) is 6.68. The lowest BCUT2D eigenvalue weighted by molar-refractivity contribution is -0.391. The van der Waals surface area contributed by atoms with Gasteiger partial charge in [0.05, 0.1) is 15.4 Å². The quantitative estimate of drug-likeness (QED) is 0.421. The molecule has 2 aromatic rings. The van der Waals surface area contributed by atoms with Crippen LogP contribution in [0.4, 0.5) is 17.1 Å². The molecule has 0 fully saturated rings. The number of nitro benzene ring substituents is 2. The summed E-state index contributed by atoms with van der Waals surface area (Å²) in [4.78, 5) is 37.0. The van der Waals surface area contributed by atoms with E-state index in [0.29, 0.717) is 0 Å². The van der Waals surface area contributed by atoms with Crippen LogP contribution in [0, 0.1) is 20.2 Å². The summed E-state index contributed by atoms with van der Waals surface area (Å²) in [5, 5.41) is 25.2. The van der Waals surface area contributed by atoms with Gasteiger partial charge in [0.15, 0.2) is 5.69 Å². The first-order valence-electron chi connectivity index (χ1n) is 6.68. The SMILES string of the molecule is C=C(C=CC=CC)Nc1c([N+](=O)[O-])cc2[nH]c(=O)[nH]c2c1[N+](=O)[O-]. The Balaban J connectivity index is 2.68. The standard InChI is InChI=1S/C14H13N5O5/c1-3-4-5-6-8(2)15-12-10(18(21)22)7-9-11(13(12)19(23)24)17-14(20)16-9/h3-7,15H,2H2,1H3,(H2,16,17,20). The molecule has 1 heterocycles.